The van der Waals surface area contributed by atoms with E-state index in [1.807, 2.05) is 0 Å². The molecule has 0 bridgehead atoms. The van der Waals surface area contributed by atoms with E-state index >= 15 is 0 Å². The Morgan fingerprint density at radius 1 is 0.742 bits per heavy atom. The highest BCUT2D eigenvalue weighted by Crippen LogP contribution is 2.18. The summed E-state index contributed by atoms with van der Waals surface area (Å²) in [6, 6.07) is 0. The summed E-state index contributed by atoms with van der Waals surface area (Å²) in [4.78, 5) is 0. The molecule has 0 aromatic carbocycles. The third kappa shape index (κ3) is 14.3. The van der Waals surface area contributed by atoms with E-state index in [-0.39, 0.29) is 13.2 Å². The molecule has 0 aromatic rings. The first-order valence-electron chi connectivity index (χ1n) is 13.1. The van der Waals surface area contributed by atoms with Gasteiger partial charge in [0.15, 0.2) is 0 Å². The van der Waals surface area contributed by atoms with Crippen LogP contribution in [-0.2, 0) is 9.47 Å². The van der Waals surface area contributed by atoms with E-state index in [2.05, 4.69) is 19.1 Å². The fourth-order valence-corrected chi connectivity index (χ4v) is 4.11. The Labute approximate surface area is 191 Å². The Kier molecular flexibility index (Phi) is 18.6. The van der Waals surface area contributed by atoms with E-state index in [4.69, 9.17) is 14.6 Å². The molecule has 0 unspecified atom stereocenters. The summed E-state index contributed by atoms with van der Waals surface area (Å²) < 4.78 is 11.0. The van der Waals surface area contributed by atoms with Crippen LogP contribution in [0.2, 0.25) is 0 Å². The van der Waals surface area contributed by atoms with Gasteiger partial charge in [0, 0.05) is 6.61 Å². The molecule has 1 rings (SSSR count). The van der Waals surface area contributed by atoms with Gasteiger partial charge in [0.2, 0.25) is 0 Å². The standard InChI is InChI=1S/C26H50O5/c1-2-3-4-5-6-7-8-9-10-11-12-13-14-15-16-17-18-19-20-30-24-22-31-23(21-27)25(28)26(24)29/h4-5,23-29H,2-3,6-22H2,1H3/b5-4+/t23-,24+,25-,26-/m0/s1. The highest BCUT2D eigenvalue weighted by Gasteiger charge is 2.38. The maximum atomic E-state index is 10.0. The zero-order valence-electron chi connectivity index (χ0n) is 20.1. The summed E-state index contributed by atoms with van der Waals surface area (Å²) in [6.45, 7) is 2.74. The minimum atomic E-state index is -1.08. The van der Waals surface area contributed by atoms with Crippen LogP contribution in [0.5, 0.6) is 0 Å². The Balaban J connectivity index is 1.78. The van der Waals surface area contributed by atoms with E-state index < -0.39 is 24.4 Å². The third-order valence-corrected chi connectivity index (χ3v) is 6.24. The van der Waals surface area contributed by atoms with E-state index in [1.165, 1.54) is 89.9 Å². The van der Waals surface area contributed by atoms with Crippen molar-refractivity contribution >= 4 is 0 Å². The molecule has 5 heteroatoms. The number of allylic oxidation sites excluding steroid dienone is 2. The molecule has 4 atom stereocenters. The lowest BCUT2D eigenvalue weighted by molar-refractivity contribution is -0.208. The van der Waals surface area contributed by atoms with Crippen molar-refractivity contribution in [1.82, 2.24) is 0 Å². The predicted octanol–water partition coefficient (Wildman–Crippen LogP) is 5.30. The highest BCUT2D eigenvalue weighted by molar-refractivity contribution is 4.87. The van der Waals surface area contributed by atoms with Gasteiger partial charge in [-0.1, -0.05) is 96.1 Å². The second-order valence-corrected chi connectivity index (χ2v) is 9.09. The summed E-state index contributed by atoms with van der Waals surface area (Å²) in [6.07, 6.45) is 22.2. The summed E-state index contributed by atoms with van der Waals surface area (Å²) in [7, 11) is 0. The van der Waals surface area contributed by atoms with Crippen molar-refractivity contribution in [2.24, 2.45) is 0 Å². The van der Waals surface area contributed by atoms with Crippen molar-refractivity contribution in [1.29, 1.82) is 0 Å². The number of ether oxygens (including phenoxy) is 2. The monoisotopic (exact) mass is 442 g/mol. The number of hydrogen-bond acceptors (Lipinski definition) is 5. The van der Waals surface area contributed by atoms with Crippen molar-refractivity contribution in [3.63, 3.8) is 0 Å². The first-order valence-corrected chi connectivity index (χ1v) is 13.1. The molecular formula is C26H50O5. The molecule has 1 aliphatic rings. The van der Waals surface area contributed by atoms with E-state index in [0.717, 1.165) is 12.8 Å². The smallest absolute Gasteiger partial charge is 0.111 e. The fourth-order valence-electron chi connectivity index (χ4n) is 4.11. The largest absolute Gasteiger partial charge is 0.394 e. The lowest BCUT2D eigenvalue weighted by atomic mass is 10.0. The summed E-state index contributed by atoms with van der Waals surface area (Å²) in [5, 5.41) is 28.9. The SMILES string of the molecule is CCC/C=C/CCCCCCCCCCCCCCCO[C@@H]1CO[C@@H](CO)[C@H](O)[C@H]1O. The van der Waals surface area contributed by atoms with Gasteiger partial charge in [-0.15, -0.1) is 0 Å². The topological polar surface area (TPSA) is 79.2 Å². The van der Waals surface area contributed by atoms with Crippen molar-refractivity contribution in [3.05, 3.63) is 12.2 Å². The van der Waals surface area contributed by atoms with Gasteiger partial charge in [0.05, 0.1) is 13.2 Å². The number of hydrogen-bond donors (Lipinski definition) is 3. The second kappa shape index (κ2) is 20.2. The van der Waals surface area contributed by atoms with E-state index in [9.17, 15) is 10.2 Å². The molecule has 0 radical (unpaired) electrons. The number of aliphatic hydroxyl groups is 3. The number of unbranched alkanes of at least 4 members (excludes halogenated alkanes) is 14. The van der Waals surface area contributed by atoms with Crippen LogP contribution in [0.4, 0.5) is 0 Å². The van der Waals surface area contributed by atoms with Crippen LogP contribution >= 0.6 is 0 Å². The Morgan fingerprint density at radius 2 is 1.26 bits per heavy atom. The molecule has 0 aromatic heterocycles. The molecule has 0 aliphatic carbocycles. The van der Waals surface area contributed by atoms with Crippen LogP contribution in [0.1, 0.15) is 110 Å². The van der Waals surface area contributed by atoms with E-state index in [0.29, 0.717) is 6.61 Å². The van der Waals surface area contributed by atoms with Crippen molar-refractivity contribution in [3.8, 4) is 0 Å². The quantitative estimate of drug-likeness (QED) is 0.176. The third-order valence-electron chi connectivity index (χ3n) is 6.24. The Morgan fingerprint density at radius 3 is 1.81 bits per heavy atom. The molecule has 0 amide bonds. The lowest BCUT2D eigenvalue weighted by Gasteiger charge is -2.36. The molecule has 0 spiro atoms. The van der Waals surface area contributed by atoms with E-state index in [1.54, 1.807) is 0 Å². The van der Waals surface area contributed by atoms with Crippen molar-refractivity contribution < 1.29 is 24.8 Å². The molecular weight excluding hydrogens is 392 g/mol. The average Bonchev–Trinajstić information content (AvgIpc) is 2.78. The average molecular weight is 443 g/mol. The molecule has 1 heterocycles. The maximum Gasteiger partial charge on any atom is 0.111 e. The zero-order chi connectivity index (χ0) is 22.6. The van der Waals surface area contributed by atoms with Crippen LogP contribution in [0.25, 0.3) is 0 Å². The first-order chi connectivity index (χ1) is 15.2. The minimum absolute atomic E-state index is 0.222. The molecule has 0 saturated carbocycles. The normalized spacial score (nSPS) is 24.3. The second-order valence-electron chi connectivity index (χ2n) is 9.09. The van der Waals surface area contributed by atoms with Crippen molar-refractivity contribution in [2.45, 2.75) is 134 Å². The molecule has 3 N–H and O–H groups in total. The van der Waals surface area contributed by atoms with Gasteiger partial charge >= 0.3 is 0 Å². The fraction of sp³-hybridized carbons (Fsp3) is 0.923. The van der Waals surface area contributed by atoms with Crippen LogP contribution in [0.3, 0.4) is 0 Å². The zero-order valence-corrected chi connectivity index (χ0v) is 20.1. The molecule has 1 aliphatic heterocycles. The van der Waals surface area contributed by atoms with Crippen LogP contribution in [0.15, 0.2) is 12.2 Å². The van der Waals surface area contributed by atoms with Gasteiger partial charge in [-0.3, -0.25) is 0 Å². The van der Waals surface area contributed by atoms with Crippen LogP contribution in [0, 0.1) is 0 Å². The lowest BCUT2D eigenvalue weighted by Crippen LogP contribution is -2.55. The Hall–Kier alpha value is -0.460. The van der Waals surface area contributed by atoms with Gasteiger partial charge in [-0.25, -0.2) is 0 Å². The van der Waals surface area contributed by atoms with Gasteiger partial charge < -0.3 is 24.8 Å². The van der Waals surface area contributed by atoms with Crippen molar-refractivity contribution in [2.75, 3.05) is 19.8 Å². The molecule has 31 heavy (non-hydrogen) atoms. The van der Waals surface area contributed by atoms with Gasteiger partial charge in [0.25, 0.3) is 0 Å². The summed E-state index contributed by atoms with van der Waals surface area (Å²) >= 11 is 0. The minimum Gasteiger partial charge on any atom is -0.394 e. The molecule has 184 valence electrons. The maximum absolute atomic E-state index is 10.0. The van der Waals surface area contributed by atoms with Gasteiger partial charge in [-0.2, -0.15) is 0 Å². The summed E-state index contributed by atoms with van der Waals surface area (Å²) in [5.41, 5.74) is 0. The molecule has 5 nitrogen and oxygen atoms in total. The van der Waals surface area contributed by atoms with Crippen LogP contribution in [-0.4, -0.2) is 59.6 Å². The van der Waals surface area contributed by atoms with Gasteiger partial charge in [-0.05, 0) is 25.7 Å². The Bertz CT molecular complexity index is 415. The first kappa shape index (κ1) is 28.6. The molecule has 1 saturated heterocycles. The van der Waals surface area contributed by atoms with Gasteiger partial charge in [0.1, 0.15) is 24.4 Å². The highest BCUT2D eigenvalue weighted by atomic mass is 16.6. The number of aliphatic hydroxyl groups excluding tert-OH is 3. The predicted molar refractivity (Wildman–Crippen MR) is 127 cm³/mol. The molecule has 1 fully saturated rings. The summed E-state index contributed by atoms with van der Waals surface area (Å²) in [5.74, 6) is 0. The number of rotatable bonds is 20. The van der Waals surface area contributed by atoms with Crippen LogP contribution < -0.4 is 0 Å².